The zero-order valence-electron chi connectivity index (χ0n) is 9.48. The molecule has 0 unspecified atom stereocenters. The van der Waals surface area contributed by atoms with Crippen molar-refractivity contribution in [2.45, 2.75) is 32.1 Å². The van der Waals surface area contributed by atoms with E-state index in [1.165, 1.54) is 4.90 Å². The molecule has 1 saturated heterocycles. The van der Waals surface area contributed by atoms with Crippen LogP contribution < -0.4 is 0 Å². The Balaban J connectivity index is 2.26. The molecular formula is C11H19NO3S. The van der Waals surface area contributed by atoms with Crippen molar-refractivity contribution in [2.24, 2.45) is 0 Å². The number of amides is 2. The van der Waals surface area contributed by atoms with Crippen LogP contribution in [0.2, 0.25) is 0 Å². The third kappa shape index (κ3) is 4.53. The van der Waals surface area contributed by atoms with Crippen LogP contribution >= 0.6 is 11.8 Å². The number of hydrogen-bond donors (Lipinski definition) is 1. The van der Waals surface area contributed by atoms with Crippen LogP contribution in [0.3, 0.4) is 0 Å². The monoisotopic (exact) mass is 245 g/mol. The minimum atomic E-state index is -0.0229. The van der Waals surface area contributed by atoms with Gasteiger partial charge in [-0.1, -0.05) is 0 Å². The van der Waals surface area contributed by atoms with E-state index in [0.717, 1.165) is 30.8 Å². The van der Waals surface area contributed by atoms with Crippen LogP contribution in [0.15, 0.2) is 0 Å². The second-order valence-corrected chi connectivity index (χ2v) is 5.06. The van der Waals surface area contributed by atoms with Crippen molar-refractivity contribution in [2.75, 3.05) is 24.7 Å². The lowest BCUT2D eigenvalue weighted by Gasteiger charge is -2.18. The van der Waals surface area contributed by atoms with Gasteiger partial charge in [-0.2, -0.15) is 11.8 Å². The van der Waals surface area contributed by atoms with Crippen molar-refractivity contribution in [1.82, 2.24) is 4.90 Å². The van der Waals surface area contributed by atoms with E-state index >= 15 is 0 Å². The lowest BCUT2D eigenvalue weighted by molar-refractivity contribution is -0.143. The highest BCUT2D eigenvalue weighted by Crippen LogP contribution is 2.13. The lowest BCUT2D eigenvalue weighted by atomic mass is 10.2. The highest BCUT2D eigenvalue weighted by atomic mass is 32.2. The Morgan fingerprint density at radius 2 is 1.75 bits per heavy atom. The second kappa shape index (κ2) is 7.68. The maximum Gasteiger partial charge on any atom is 0.229 e. The first-order valence-electron chi connectivity index (χ1n) is 5.77. The Kier molecular flexibility index (Phi) is 6.49. The second-order valence-electron chi connectivity index (χ2n) is 3.84. The number of hydrogen-bond acceptors (Lipinski definition) is 4. The standard InChI is InChI=1S/C11H19NO3S/c13-7-3-8-16-9-6-12-10(14)4-1-2-5-11(12)15/h13H,1-9H2. The largest absolute Gasteiger partial charge is 0.396 e. The number of thioether (sulfide) groups is 1. The van der Waals surface area contributed by atoms with Crippen LogP contribution in [0.5, 0.6) is 0 Å². The van der Waals surface area contributed by atoms with Crippen LogP contribution in [-0.4, -0.2) is 46.5 Å². The predicted molar refractivity (Wildman–Crippen MR) is 64.2 cm³/mol. The molecule has 0 aromatic carbocycles. The average molecular weight is 245 g/mol. The molecule has 0 aliphatic carbocycles. The highest BCUT2D eigenvalue weighted by Gasteiger charge is 2.23. The zero-order chi connectivity index (χ0) is 11.8. The van der Waals surface area contributed by atoms with Crippen LogP contribution in [0.25, 0.3) is 0 Å². The van der Waals surface area contributed by atoms with Gasteiger partial charge in [0, 0.05) is 31.7 Å². The molecule has 0 saturated carbocycles. The Hall–Kier alpha value is -0.550. The minimum Gasteiger partial charge on any atom is -0.396 e. The smallest absolute Gasteiger partial charge is 0.229 e. The van der Waals surface area contributed by atoms with Crippen molar-refractivity contribution in [3.05, 3.63) is 0 Å². The van der Waals surface area contributed by atoms with Gasteiger partial charge in [0.25, 0.3) is 0 Å². The molecule has 4 nitrogen and oxygen atoms in total. The first kappa shape index (κ1) is 13.5. The Morgan fingerprint density at radius 3 is 2.31 bits per heavy atom. The van der Waals surface area contributed by atoms with Crippen LogP contribution in [-0.2, 0) is 9.59 Å². The van der Waals surface area contributed by atoms with Gasteiger partial charge in [0.2, 0.25) is 11.8 Å². The topological polar surface area (TPSA) is 57.6 Å². The van der Waals surface area contributed by atoms with E-state index in [1.54, 1.807) is 11.8 Å². The molecule has 0 atom stereocenters. The van der Waals surface area contributed by atoms with Gasteiger partial charge in [0.1, 0.15) is 0 Å². The van der Waals surface area contributed by atoms with E-state index in [-0.39, 0.29) is 18.4 Å². The Morgan fingerprint density at radius 1 is 1.12 bits per heavy atom. The third-order valence-corrected chi connectivity index (χ3v) is 3.59. The fourth-order valence-electron chi connectivity index (χ4n) is 1.64. The molecule has 2 amide bonds. The summed E-state index contributed by atoms with van der Waals surface area (Å²) in [6.45, 7) is 0.725. The fraction of sp³-hybridized carbons (Fsp3) is 0.818. The Bertz CT molecular complexity index is 227. The predicted octanol–water partition coefficient (Wildman–Crippen LogP) is 1.03. The molecule has 0 aromatic rings. The SMILES string of the molecule is O=C1CCCCC(=O)N1CCSCCCO. The molecule has 0 aromatic heterocycles. The van der Waals surface area contributed by atoms with Crippen molar-refractivity contribution in [3.63, 3.8) is 0 Å². The summed E-state index contributed by atoms with van der Waals surface area (Å²) in [7, 11) is 0. The van der Waals surface area contributed by atoms with Gasteiger partial charge >= 0.3 is 0 Å². The molecule has 1 heterocycles. The minimum absolute atomic E-state index is 0.0229. The number of carbonyl (C=O) groups is 2. The zero-order valence-corrected chi connectivity index (χ0v) is 10.3. The molecular weight excluding hydrogens is 226 g/mol. The van der Waals surface area contributed by atoms with Gasteiger partial charge in [-0.15, -0.1) is 0 Å². The van der Waals surface area contributed by atoms with E-state index in [9.17, 15) is 9.59 Å². The molecule has 0 radical (unpaired) electrons. The normalized spacial score (nSPS) is 17.7. The van der Waals surface area contributed by atoms with E-state index in [0.29, 0.717) is 19.4 Å². The van der Waals surface area contributed by atoms with Crippen LogP contribution in [0, 0.1) is 0 Å². The molecule has 92 valence electrons. The summed E-state index contributed by atoms with van der Waals surface area (Å²) in [5.41, 5.74) is 0. The van der Waals surface area contributed by atoms with Crippen LogP contribution in [0.4, 0.5) is 0 Å². The van der Waals surface area contributed by atoms with Gasteiger partial charge in [-0.3, -0.25) is 14.5 Å². The summed E-state index contributed by atoms with van der Waals surface area (Å²) in [6.07, 6.45) is 3.45. The molecule has 0 spiro atoms. The summed E-state index contributed by atoms with van der Waals surface area (Å²) in [6, 6.07) is 0. The van der Waals surface area contributed by atoms with E-state index in [2.05, 4.69) is 0 Å². The number of aliphatic hydroxyl groups excluding tert-OH is 1. The molecule has 1 aliphatic rings. The summed E-state index contributed by atoms with van der Waals surface area (Å²) >= 11 is 1.68. The number of aliphatic hydroxyl groups is 1. The van der Waals surface area contributed by atoms with Gasteiger partial charge in [0.15, 0.2) is 0 Å². The van der Waals surface area contributed by atoms with Crippen molar-refractivity contribution in [3.8, 4) is 0 Å². The fourth-order valence-corrected chi connectivity index (χ4v) is 2.48. The van der Waals surface area contributed by atoms with Crippen molar-refractivity contribution in [1.29, 1.82) is 0 Å². The number of imide groups is 1. The quantitative estimate of drug-likeness (QED) is 0.561. The number of likely N-dealkylation sites (tertiary alicyclic amines) is 1. The van der Waals surface area contributed by atoms with Gasteiger partial charge in [-0.05, 0) is 25.0 Å². The van der Waals surface area contributed by atoms with E-state index in [1.807, 2.05) is 0 Å². The number of nitrogens with zero attached hydrogens (tertiary/aromatic N) is 1. The first-order chi connectivity index (χ1) is 7.75. The maximum atomic E-state index is 11.6. The molecule has 5 heteroatoms. The molecule has 1 fully saturated rings. The summed E-state index contributed by atoms with van der Waals surface area (Å²) in [4.78, 5) is 24.6. The Labute approximate surface area is 100 Å². The average Bonchev–Trinajstić information content (AvgIpc) is 2.42. The van der Waals surface area contributed by atoms with Crippen LogP contribution in [0.1, 0.15) is 32.1 Å². The lowest BCUT2D eigenvalue weighted by Crippen LogP contribution is -2.36. The van der Waals surface area contributed by atoms with Crippen molar-refractivity contribution < 1.29 is 14.7 Å². The molecule has 1 aliphatic heterocycles. The third-order valence-electron chi connectivity index (χ3n) is 2.54. The molecule has 0 bridgehead atoms. The van der Waals surface area contributed by atoms with Gasteiger partial charge < -0.3 is 5.11 Å². The molecule has 1 N–H and O–H groups in total. The molecule has 16 heavy (non-hydrogen) atoms. The highest BCUT2D eigenvalue weighted by molar-refractivity contribution is 7.99. The summed E-state index contributed by atoms with van der Waals surface area (Å²) in [5, 5.41) is 8.60. The first-order valence-corrected chi connectivity index (χ1v) is 6.93. The number of rotatable bonds is 6. The van der Waals surface area contributed by atoms with E-state index < -0.39 is 0 Å². The molecule has 1 rings (SSSR count). The number of carbonyl (C=O) groups excluding carboxylic acids is 2. The van der Waals surface area contributed by atoms with Gasteiger partial charge in [-0.25, -0.2) is 0 Å². The van der Waals surface area contributed by atoms with E-state index in [4.69, 9.17) is 5.11 Å². The summed E-state index contributed by atoms with van der Waals surface area (Å²) < 4.78 is 0. The summed E-state index contributed by atoms with van der Waals surface area (Å²) in [5.74, 6) is 1.61. The van der Waals surface area contributed by atoms with Crippen molar-refractivity contribution >= 4 is 23.6 Å². The van der Waals surface area contributed by atoms with Gasteiger partial charge in [0.05, 0.1) is 0 Å². The maximum absolute atomic E-state index is 11.6.